The fraction of sp³-hybridized carbons (Fsp3) is 0.0333. The number of nitrogens with zero attached hydrogens (tertiary/aromatic N) is 2. The van der Waals surface area contributed by atoms with Crippen molar-refractivity contribution in [1.29, 1.82) is 0 Å². The molecule has 296 valence electrons. The van der Waals surface area contributed by atoms with E-state index in [4.69, 9.17) is 14.4 Å². The Bertz CT molecular complexity index is 3500. The summed E-state index contributed by atoms with van der Waals surface area (Å²) < 4.78 is 6.12. The van der Waals surface area contributed by atoms with Gasteiger partial charge < -0.3 is 4.42 Å². The lowest BCUT2D eigenvalue weighted by atomic mass is 9.74. The first kappa shape index (κ1) is 36.7. The molecule has 0 amide bonds. The molecule has 1 unspecified atom stereocenters. The van der Waals surface area contributed by atoms with Crippen LogP contribution in [0.25, 0.3) is 100 Å². The van der Waals surface area contributed by atoms with Crippen LogP contribution in [0, 0.1) is 0 Å². The number of furan rings is 1. The molecule has 1 aliphatic carbocycles. The molecule has 0 saturated heterocycles. The highest BCUT2D eigenvalue weighted by atomic mass is 16.3. The third-order valence-electron chi connectivity index (χ3n) is 13.0. The Morgan fingerprint density at radius 1 is 0.333 bits per heavy atom. The van der Waals surface area contributed by atoms with Crippen molar-refractivity contribution in [1.82, 2.24) is 9.97 Å². The summed E-state index contributed by atoms with van der Waals surface area (Å²) in [5, 5.41) is 2.24. The van der Waals surface area contributed by atoms with Crippen LogP contribution in [0.15, 0.2) is 229 Å². The van der Waals surface area contributed by atoms with E-state index in [0.717, 1.165) is 83.4 Å². The molecule has 9 aromatic carbocycles. The third kappa shape index (κ3) is 6.28. The van der Waals surface area contributed by atoms with Gasteiger partial charge in [0, 0.05) is 32.9 Å². The highest BCUT2D eigenvalue weighted by molar-refractivity contribution is 6.06. The molecule has 0 spiro atoms. The van der Waals surface area contributed by atoms with Crippen LogP contribution in [-0.2, 0) is 5.41 Å². The molecule has 2 aromatic heterocycles. The van der Waals surface area contributed by atoms with Gasteiger partial charge in [0.25, 0.3) is 0 Å². The van der Waals surface area contributed by atoms with E-state index in [1.807, 2.05) is 30.3 Å². The van der Waals surface area contributed by atoms with Gasteiger partial charge in [0.05, 0.1) is 11.4 Å². The molecule has 63 heavy (non-hydrogen) atoms. The number of fused-ring (bicyclic) bond motifs is 6. The first-order valence-corrected chi connectivity index (χ1v) is 21.5. The highest BCUT2D eigenvalue weighted by Crippen LogP contribution is 2.53. The van der Waals surface area contributed by atoms with Crippen LogP contribution in [0.3, 0.4) is 0 Å². The monoisotopic (exact) mass is 804 g/mol. The summed E-state index contributed by atoms with van der Waals surface area (Å²) in [6, 6.07) is 80.2. The van der Waals surface area contributed by atoms with E-state index in [2.05, 4.69) is 201 Å². The molecule has 0 radical (unpaired) electrons. The van der Waals surface area contributed by atoms with Gasteiger partial charge in [0.2, 0.25) is 0 Å². The van der Waals surface area contributed by atoms with Crippen molar-refractivity contribution in [2.75, 3.05) is 0 Å². The van der Waals surface area contributed by atoms with Crippen LogP contribution in [0.1, 0.15) is 23.6 Å². The van der Waals surface area contributed by atoms with Gasteiger partial charge in [-0.05, 0) is 117 Å². The molecular formula is C60H40N2O. The maximum Gasteiger partial charge on any atom is 0.160 e. The van der Waals surface area contributed by atoms with Crippen molar-refractivity contribution in [2.24, 2.45) is 0 Å². The van der Waals surface area contributed by atoms with Crippen molar-refractivity contribution in [3.8, 4) is 78.4 Å². The van der Waals surface area contributed by atoms with Gasteiger partial charge >= 0.3 is 0 Å². The molecule has 0 N–H and O–H groups in total. The van der Waals surface area contributed by atoms with Crippen LogP contribution < -0.4 is 0 Å². The number of hydrogen-bond donors (Lipinski definition) is 0. The average Bonchev–Trinajstić information content (AvgIpc) is 3.87. The van der Waals surface area contributed by atoms with Gasteiger partial charge in [-0.1, -0.05) is 176 Å². The largest absolute Gasteiger partial charge is 0.456 e. The van der Waals surface area contributed by atoms with Crippen LogP contribution in [0.5, 0.6) is 0 Å². The van der Waals surface area contributed by atoms with Crippen LogP contribution >= 0.6 is 0 Å². The Labute approximate surface area is 366 Å². The Morgan fingerprint density at radius 3 is 1.63 bits per heavy atom. The summed E-state index contributed by atoms with van der Waals surface area (Å²) >= 11 is 0. The zero-order valence-corrected chi connectivity index (χ0v) is 34.7. The van der Waals surface area contributed by atoms with E-state index >= 15 is 0 Å². The number of aromatic nitrogens is 2. The molecule has 12 rings (SSSR count). The second kappa shape index (κ2) is 14.8. The number of rotatable bonds is 7. The molecule has 1 atom stereocenters. The van der Waals surface area contributed by atoms with Gasteiger partial charge in [0.1, 0.15) is 11.2 Å². The molecule has 0 saturated carbocycles. The van der Waals surface area contributed by atoms with Gasteiger partial charge in [-0.25, -0.2) is 9.97 Å². The Morgan fingerprint density at radius 2 is 0.857 bits per heavy atom. The van der Waals surface area contributed by atoms with Crippen LogP contribution in [0.4, 0.5) is 0 Å². The minimum Gasteiger partial charge on any atom is -0.456 e. The van der Waals surface area contributed by atoms with Crippen LogP contribution in [-0.4, -0.2) is 9.97 Å². The van der Waals surface area contributed by atoms with E-state index in [1.165, 1.54) is 27.8 Å². The summed E-state index contributed by atoms with van der Waals surface area (Å²) in [5.74, 6) is 0.685. The quantitative estimate of drug-likeness (QED) is 0.161. The molecule has 11 aromatic rings. The molecular weight excluding hydrogens is 765 g/mol. The molecule has 0 aliphatic heterocycles. The first-order chi connectivity index (χ1) is 31.1. The molecule has 3 nitrogen and oxygen atoms in total. The predicted octanol–water partition coefficient (Wildman–Crippen LogP) is 15.7. The molecule has 1 aliphatic rings. The second-order valence-electron chi connectivity index (χ2n) is 16.7. The minimum atomic E-state index is -0.300. The topological polar surface area (TPSA) is 38.9 Å². The van der Waals surface area contributed by atoms with Gasteiger partial charge in [0.15, 0.2) is 5.82 Å². The number of benzene rings is 9. The summed E-state index contributed by atoms with van der Waals surface area (Å²) in [6.45, 7) is 2.38. The predicted molar refractivity (Wildman–Crippen MR) is 259 cm³/mol. The third-order valence-corrected chi connectivity index (χ3v) is 13.0. The lowest BCUT2D eigenvalue weighted by Gasteiger charge is -2.28. The molecule has 0 bridgehead atoms. The average molecular weight is 805 g/mol. The fourth-order valence-corrected chi connectivity index (χ4v) is 9.69. The second-order valence-corrected chi connectivity index (χ2v) is 16.7. The summed E-state index contributed by atoms with van der Waals surface area (Å²) in [4.78, 5) is 10.5. The van der Waals surface area contributed by atoms with Crippen molar-refractivity contribution in [3.05, 3.63) is 241 Å². The lowest BCUT2D eigenvalue weighted by Crippen LogP contribution is -2.22. The lowest BCUT2D eigenvalue weighted by molar-refractivity contribution is 0.669. The van der Waals surface area contributed by atoms with E-state index < -0.39 is 0 Å². The minimum absolute atomic E-state index is 0.300. The summed E-state index contributed by atoms with van der Waals surface area (Å²) in [6.07, 6.45) is 0. The SMILES string of the molecule is CC1(c2ccccc2)c2ccccc2-c2ccc(-c3cc(-c4ccccc4)cc(-c4cc(-c5ccc(-c6ccc7oc8ccccc8c7c6)cc5)nc(-c5ccccc5)n4)c3)cc21. The van der Waals surface area contributed by atoms with Crippen molar-refractivity contribution in [3.63, 3.8) is 0 Å². The first-order valence-electron chi connectivity index (χ1n) is 21.5. The van der Waals surface area contributed by atoms with Crippen LogP contribution in [0.2, 0.25) is 0 Å². The Hall–Kier alpha value is -8.14. The maximum atomic E-state index is 6.12. The number of hydrogen-bond acceptors (Lipinski definition) is 3. The smallest absolute Gasteiger partial charge is 0.160 e. The number of para-hydroxylation sites is 1. The normalized spacial score (nSPS) is 14.2. The van der Waals surface area contributed by atoms with Crippen molar-refractivity contribution in [2.45, 2.75) is 12.3 Å². The molecule has 2 heterocycles. The van der Waals surface area contributed by atoms with E-state index in [1.54, 1.807) is 0 Å². The molecule has 0 fully saturated rings. The molecule has 3 heteroatoms. The highest BCUT2D eigenvalue weighted by Gasteiger charge is 2.40. The van der Waals surface area contributed by atoms with Crippen molar-refractivity contribution >= 4 is 21.9 Å². The van der Waals surface area contributed by atoms with Gasteiger partial charge in [-0.2, -0.15) is 0 Å². The Balaban J connectivity index is 0.995. The maximum absolute atomic E-state index is 6.12. The fourth-order valence-electron chi connectivity index (χ4n) is 9.69. The zero-order chi connectivity index (χ0) is 41.9. The zero-order valence-electron chi connectivity index (χ0n) is 34.7. The van der Waals surface area contributed by atoms with E-state index in [9.17, 15) is 0 Å². The standard InChI is InChI=1S/C60H40N2O/c1-60(48-19-9-4-10-20-48)53-23-13-11-21-49(53)50-31-29-44(37-54(50)60)46-33-45(39-15-5-2-6-16-39)34-47(35-46)56-38-55(61-59(62-56)42-17-7-3-8-18-42)41-27-25-40(26-28-41)43-30-32-58-52(36-43)51-22-12-14-24-57(51)63-58/h2-38H,1H3. The van der Waals surface area contributed by atoms with Gasteiger partial charge in [-0.3, -0.25) is 0 Å². The van der Waals surface area contributed by atoms with E-state index in [0.29, 0.717) is 5.82 Å². The van der Waals surface area contributed by atoms with Gasteiger partial charge in [-0.15, -0.1) is 0 Å². The summed E-state index contributed by atoms with van der Waals surface area (Å²) in [7, 11) is 0. The van der Waals surface area contributed by atoms with E-state index in [-0.39, 0.29) is 5.41 Å². The Kier molecular flexibility index (Phi) is 8.62. The van der Waals surface area contributed by atoms with Crippen molar-refractivity contribution < 1.29 is 4.42 Å². The summed E-state index contributed by atoms with van der Waals surface area (Å²) in [5.41, 5.74) is 19.6.